The van der Waals surface area contributed by atoms with E-state index in [2.05, 4.69) is 4.99 Å². The maximum Gasteiger partial charge on any atom is 1.00 e. The second-order valence-electron chi connectivity index (χ2n) is 2.75. The molecule has 1 atom stereocenters. The Hall–Kier alpha value is 0.236. The van der Waals surface area contributed by atoms with Gasteiger partial charge in [-0.2, -0.15) is 0 Å². The van der Waals surface area contributed by atoms with Gasteiger partial charge in [-0.1, -0.05) is 0 Å². The van der Waals surface area contributed by atoms with E-state index in [1.54, 1.807) is 0 Å². The molecule has 1 aromatic carbocycles. The van der Waals surface area contributed by atoms with E-state index in [-0.39, 0.29) is 62.2 Å². The van der Waals surface area contributed by atoms with Crippen molar-refractivity contribution < 1.29 is 70.0 Å². The van der Waals surface area contributed by atoms with E-state index < -0.39 is 11.1 Å². The first kappa shape index (κ1) is 16.2. The molecule has 0 radical (unpaired) electrons. The predicted molar refractivity (Wildman–Crippen MR) is 54.8 cm³/mol. The van der Waals surface area contributed by atoms with Crippen molar-refractivity contribution in [2.24, 2.45) is 4.99 Å². The molecule has 1 N–H and O–H groups in total. The summed E-state index contributed by atoms with van der Waals surface area (Å²) in [6, 6.07) is 4.28. The minimum atomic E-state index is -2.12. The summed E-state index contributed by atoms with van der Waals surface area (Å²) in [6.45, 7) is 1.30. The normalized spacial score (nSPS) is 12.8. The van der Waals surface area contributed by atoms with Gasteiger partial charge in [0.15, 0.2) is 11.1 Å². The van der Waals surface area contributed by atoms with Crippen molar-refractivity contribution in [3.05, 3.63) is 18.2 Å². The molecule has 0 heterocycles. The van der Waals surface area contributed by atoms with Crippen LogP contribution in [0.3, 0.4) is 0 Å². The number of nitrogens with zero attached hydrogens (tertiary/aromatic N) is 1. The Morgan fingerprint density at radius 3 is 2.56 bits per heavy atom. The standard InChI is InChI=1S/C9H11NO4S.K/c1-6(11)10-7-3-8(14-2)5-9(4-7)15(12)13;/h3-5H,1-2H3,(H,10,11)(H,12,13);/q;+1/p-1. The number of methoxy groups -OCH3 is 1. The Morgan fingerprint density at radius 1 is 1.50 bits per heavy atom. The Bertz CT molecular complexity index is 418. The largest absolute Gasteiger partial charge is 1.00 e. The molecule has 0 saturated carbocycles. The van der Waals surface area contributed by atoms with Gasteiger partial charge in [0.1, 0.15) is 5.75 Å². The molecule has 82 valence electrons. The van der Waals surface area contributed by atoms with Gasteiger partial charge in [0.25, 0.3) is 0 Å². The molecular formula is C9H10KNO4S. The number of ether oxygens (including phenoxy) is 1. The summed E-state index contributed by atoms with van der Waals surface area (Å²) in [7, 11) is 1.43. The molecule has 0 saturated heterocycles. The summed E-state index contributed by atoms with van der Waals surface area (Å²) in [5.74, 6) is 0.00725. The van der Waals surface area contributed by atoms with Crippen LogP contribution in [0, 0.1) is 0 Å². The fourth-order valence-electron chi connectivity index (χ4n) is 1.02. The van der Waals surface area contributed by atoms with Crippen LogP contribution in [0.1, 0.15) is 6.92 Å². The molecule has 0 aliphatic heterocycles. The van der Waals surface area contributed by atoms with Crippen LogP contribution < -0.4 is 61.2 Å². The third kappa shape index (κ3) is 5.04. The first-order chi connectivity index (χ1) is 7.02. The van der Waals surface area contributed by atoms with E-state index in [1.165, 1.54) is 32.2 Å². The number of rotatable bonds is 3. The van der Waals surface area contributed by atoms with Crippen molar-refractivity contribution in [1.29, 1.82) is 0 Å². The average Bonchev–Trinajstić information content (AvgIpc) is 2.16. The number of hydrogen-bond donors (Lipinski definition) is 1. The van der Waals surface area contributed by atoms with E-state index in [0.29, 0.717) is 11.4 Å². The molecular weight excluding hydrogens is 257 g/mol. The van der Waals surface area contributed by atoms with Crippen molar-refractivity contribution in [1.82, 2.24) is 0 Å². The van der Waals surface area contributed by atoms with Crippen molar-refractivity contribution in [2.45, 2.75) is 11.8 Å². The first-order valence-electron chi connectivity index (χ1n) is 4.05. The van der Waals surface area contributed by atoms with Crippen molar-refractivity contribution in [3.63, 3.8) is 0 Å². The molecule has 1 aromatic rings. The molecule has 0 fully saturated rings. The summed E-state index contributed by atoms with van der Waals surface area (Å²) in [5.41, 5.74) is 0.305. The van der Waals surface area contributed by atoms with E-state index in [4.69, 9.17) is 9.29 Å². The predicted octanol–water partition coefficient (Wildman–Crippen LogP) is -2.31. The van der Waals surface area contributed by atoms with Gasteiger partial charge in [-0.25, -0.2) is 4.21 Å². The molecule has 0 bridgehead atoms. The van der Waals surface area contributed by atoms with Crippen LogP contribution >= 0.6 is 0 Å². The number of hydrogen-bond acceptors (Lipinski definition) is 4. The van der Waals surface area contributed by atoms with Crippen molar-refractivity contribution in [2.75, 3.05) is 7.11 Å². The van der Waals surface area contributed by atoms with E-state index >= 15 is 0 Å². The smallest absolute Gasteiger partial charge is 0.862 e. The van der Waals surface area contributed by atoms with E-state index in [0.717, 1.165) is 0 Å². The van der Waals surface area contributed by atoms with Crippen molar-refractivity contribution in [3.8, 4) is 5.75 Å². The van der Waals surface area contributed by atoms with Crippen LogP contribution in [0.4, 0.5) is 5.69 Å². The minimum absolute atomic E-state index is 0. The maximum absolute atomic E-state index is 10.8. The van der Waals surface area contributed by atoms with Gasteiger partial charge < -0.3 is 14.4 Å². The Labute approximate surface area is 139 Å². The molecule has 0 spiro atoms. The number of aliphatic imine (C=N–C) groups is 1. The third-order valence-electron chi connectivity index (χ3n) is 1.59. The van der Waals surface area contributed by atoms with Gasteiger partial charge >= 0.3 is 51.4 Å². The summed E-state index contributed by atoms with van der Waals surface area (Å²) in [6.07, 6.45) is 0. The van der Waals surface area contributed by atoms with Gasteiger partial charge in [0.05, 0.1) is 17.7 Å². The van der Waals surface area contributed by atoms with Crippen molar-refractivity contribution >= 4 is 22.7 Å². The molecule has 1 rings (SSSR count). The maximum atomic E-state index is 10.8. The zero-order valence-corrected chi connectivity index (χ0v) is 13.2. The van der Waals surface area contributed by atoms with Gasteiger partial charge in [-0.05, 0) is 25.0 Å². The molecule has 7 heteroatoms. The fourth-order valence-corrected chi connectivity index (χ4v) is 1.46. The second-order valence-corrected chi connectivity index (χ2v) is 3.72. The fraction of sp³-hybridized carbons (Fsp3) is 0.222. The van der Waals surface area contributed by atoms with Crippen LogP contribution in [0.15, 0.2) is 28.1 Å². The first-order valence-corrected chi connectivity index (χ1v) is 5.16. The van der Waals surface area contributed by atoms with Gasteiger partial charge in [0.2, 0.25) is 0 Å². The Balaban J connectivity index is 0.00000225. The molecule has 1 unspecified atom stereocenters. The SMILES string of the molecule is COc1cc(N=C(C)[O-])cc(S(=O)O)c1.[K+]. The molecule has 5 nitrogen and oxygen atoms in total. The van der Waals surface area contributed by atoms with Gasteiger partial charge in [0, 0.05) is 6.07 Å². The second kappa shape index (κ2) is 7.54. The Morgan fingerprint density at radius 2 is 2.12 bits per heavy atom. The topological polar surface area (TPSA) is 82.0 Å². The van der Waals surface area contributed by atoms with Crippen LogP contribution in [-0.4, -0.2) is 21.8 Å². The average molecular weight is 267 g/mol. The quantitative estimate of drug-likeness (QED) is 0.289. The van der Waals surface area contributed by atoms with E-state index in [9.17, 15) is 9.32 Å². The van der Waals surface area contributed by atoms with Crippen LogP contribution in [0.2, 0.25) is 0 Å². The monoisotopic (exact) mass is 267 g/mol. The minimum Gasteiger partial charge on any atom is -0.862 e. The molecule has 0 amide bonds. The molecule has 0 aliphatic rings. The van der Waals surface area contributed by atoms with Crippen LogP contribution in [0.25, 0.3) is 0 Å². The number of benzene rings is 1. The summed E-state index contributed by atoms with van der Waals surface area (Å²) < 4.78 is 24.6. The van der Waals surface area contributed by atoms with Gasteiger partial charge in [-0.3, -0.25) is 4.99 Å². The molecule has 0 aliphatic carbocycles. The molecule has 16 heavy (non-hydrogen) atoms. The van der Waals surface area contributed by atoms with Gasteiger partial charge in [-0.15, -0.1) is 0 Å². The summed E-state index contributed by atoms with van der Waals surface area (Å²) >= 11 is -2.12. The van der Waals surface area contributed by atoms with Crippen LogP contribution in [-0.2, 0) is 11.1 Å². The zero-order chi connectivity index (χ0) is 11.4. The summed E-state index contributed by atoms with van der Waals surface area (Å²) in [4.78, 5) is 3.79. The third-order valence-corrected chi connectivity index (χ3v) is 2.23. The summed E-state index contributed by atoms with van der Waals surface area (Å²) in [5, 5.41) is 10.7. The Kier molecular flexibility index (Phi) is 7.65. The van der Waals surface area contributed by atoms with E-state index in [1.807, 2.05) is 0 Å². The van der Waals surface area contributed by atoms with Crippen LogP contribution in [0.5, 0.6) is 5.75 Å². The zero-order valence-electron chi connectivity index (χ0n) is 9.26. The molecule has 0 aromatic heterocycles.